The van der Waals surface area contributed by atoms with Gasteiger partial charge in [0, 0.05) is 40.2 Å². The first-order valence-electron chi connectivity index (χ1n) is 11.3. The van der Waals surface area contributed by atoms with Crippen LogP contribution in [0.5, 0.6) is 0 Å². The molecule has 1 heterocycles. The summed E-state index contributed by atoms with van der Waals surface area (Å²) in [5.74, 6) is -3.80. The van der Waals surface area contributed by atoms with Gasteiger partial charge in [-0.3, -0.25) is 24.0 Å². The van der Waals surface area contributed by atoms with Crippen molar-refractivity contribution in [3.63, 3.8) is 0 Å². The summed E-state index contributed by atoms with van der Waals surface area (Å²) in [5, 5.41) is 0. The molecule has 0 N–H and O–H groups in total. The van der Waals surface area contributed by atoms with E-state index in [4.69, 9.17) is 23.7 Å². The average Bonchev–Trinajstić information content (AvgIpc) is 3.23. The predicted molar refractivity (Wildman–Crippen MR) is 120 cm³/mol. The molecular formula is C24H28F3NO10. The Hall–Kier alpha value is -3.68. The molecule has 11 nitrogen and oxygen atoms in total. The molecule has 0 unspecified atom stereocenters. The molecular weight excluding hydrogens is 519 g/mol. The normalized spacial score (nSPS) is 19.6. The number of hydrogen-bond acceptors (Lipinski definition) is 10. The fourth-order valence-corrected chi connectivity index (χ4v) is 3.84. The van der Waals surface area contributed by atoms with Gasteiger partial charge in [0.2, 0.25) is 5.91 Å². The van der Waals surface area contributed by atoms with Crippen LogP contribution in [0, 0.1) is 0 Å². The van der Waals surface area contributed by atoms with E-state index in [9.17, 15) is 37.1 Å². The SMILES string of the molecule is CC(=O)OC[C@@H](OC(C)=O)[C@@H](OC(C)=O)[C@H](OC(C)=O)[C@@H]1CN(C(C)=O)[C@@H](c2ccc(C(F)(F)F)cc2)O1. The molecule has 0 aromatic heterocycles. The Morgan fingerprint density at radius 2 is 1.45 bits per heavy atom. The fraction of sp³-hybridized carbons (Fsp3) is 0.542. The fourth-order valence-electron chi connectivity index (χ4n) is 3.84. The summed E-state index contributed by atoms with van der Waals surface area (Å²) in [5.41, 5.74) is -0.717. The van der Waals surface area contributed by atoms with Crippen molar-refractivity contribution in [1.29, 1.82) is 0 Å². The minimum Gasteiger partial charge on any atom is -0.462 e. The lowest BCUT2D eigenvalue weighted by Gasteiger charge is -2.34. The van der Waals surface area contributed by atoms with Gasteiger partial charge >= 0.3 is 30.1 Å². The van der Waals surface area contributed by atoms with E-state index >= 15 is 0 Å². The zero-order valence-electron chi connectivity index (χ0n) is 21.3. The third-order valence-electron chi connectivity index (χ3n) is 5.32. The van der Waals surface area contributed by atoms with Crippen molar-refractivity contribution in [1.82, 2.24) is 4.90 Å². The highest BCUT2D eigenvalue weighted by atomic mass is 19.4. The first kappa shape index (κ1) is 30.5. The van der Waals surface area contributed by atoms with Crippen LogP contribution in [0.2, 0.25) is 0 Å². The van der Waals surface area contributed by atoms with Crippen molar-refractivity contribution >= 4 is 29.8 Å². The number of hydrogen-bond donors (Lipinski definition) is 0. The number of esters is 4. The van der Waals surface area contributed by atoms with E-state index in [0.717, 1.165) is 52.0 Å². The highest BCUT2D eigenvalue weighted by Crippen LogP contribution is 2.36. The van der Waals surface area contributed by atoms with Crippen LogP contribution in [-0.2, 0) is 53.8 Å². The topological polar surface area (TPSA) is 135 Å². The lowest BCUT2D eigenvalue weighted by molar-refractivity contribution is -0.200. The van der Waals surface area contributed by atoms with E-state index in [0.29, 0.717) is 0 Å². The molecule has 2 rings (SSSR count). The van der Waals surface area contributed by atoms with E-state index < -0.39 is 78.8 Å². The Balaban J connectivity index is 2.48. The summed E-state index contributed by atoms with van der Waals surface area (Å²) in [4.78, 5) is 60.7. The second-order valence-electron chi connectivity index (χ2n) is 8.42. The number of carbonyl (C=O) groups is 5. The summed E-state index contributed by atoms with van der Waals surface area (Å²) in [6.45, 7) is 4.63. The molecule has 0 bridgehead atoms. The number of alkyl halides is 3. The first-order valence-corrected chi connectivity index (χ1v) is 11.3. The van der Waals surface area contributed by atoms with Gasteiger partial charge < -0.3 is 28.6 Å². The summed E-state index contributed by atoms with van der Waals surface area (Å²) >= 11 is 0. The van der Waals surface area contributed by atoms with Crippen molar-refractivity contribution in [2.24, 2.45) is 0 Å². The van der Waals surface area contributed by atoms with Crippen molar-refractivity contribution in [2.75, 3.05) is 13.2 Å². The second kappa shape index (κ2) is 12.7. The standard InChI is InChI=1S/C24H28F3NO10/c1-12(29)28-10-19(38-23(28)17-6-8-18(9-7-17)24(25,26)27)21(36-15(4)32)22(37-16(5)33)20(35-14(3)31)11-34-13(2)30/h6-9,19-23H,10-11H2,1-5H3/t19-,20+,21+,22+,23+/m0/s1. The van der Waals surface area contributed by atoms with E-state index in [1.54, 1.807) is 0 Å². The van der Waals surface area contributed by atoms with E-state index in [1.807, 2.05) is 0 Å². The molecule has 38 heavy (non-hydrogen) atoms. The molecule has 1 aromatic rings. The molecule has 0 radical (unpaired) electrons. The lowest BCUT2D eigenvalue weighted by Crippen LogP contribution is -2.53. The number of ether oxygens (including phenoxy) is 5. The predicted octanol–water partition coefficient (Wildman–Crippen LogP) is 2.31. The van der Waals surface area contributed by atoms with Gasteiger partial charge in [0.1, 0.15) is 12.7 Å². The number of rotatable bonds is 9. The quantitative estimate of drug-likeness (QED) is 0.335. The summed E-state index contributed by atoms with van der Waals surface area (Å²) in [7, 11) is 0. The first-order chi connectivity index (χ1) is 17.6. The van der Waals surface area contributed by atoms with E-state index in [1.165, 1.54) is 11.8 Å². The highest BCUT2D eigenvalue weighted by Gasteiger charge is 2.48. The van der Waals surface area contributed by atoms with Gasteiger partial charge in [-0.25, -0.2) is 0 Å². The molecule has 1 saturated heterocycles. The summed E-state index contributed by atoms with van der Waals surface area (Å²) in [6.07, 6.45) is -11.4. The Morgan fingerprint density at radius 3 is 1.89 bits per heavy atom. The van der Waals surface area contributed by atoms with Crippen molar-refractivity contribution in [3.8, 4) is 0 Å². The Morgan fingerprint density at radius 1 is 0.895 bits per heavy atom. The molecule has 0 aliphatic carbocycles. The maximum absolute atomic E-state index is 13.0. The molecule has 1 aliphatic heterocycles. The van der Waals surface area contributed by atoms with Crippen molar-refractivity contribution in [2.45, 2.75) is 71.4 Å². The lowest BCUT2D eigenvalue weighted by atomic mass is 10.0. The highest BCUT2D eigenvalue weighted by molar-refractivity contribution is 5.74. The van der Waals surface area contributed by atoms with Gasteiger partial charge in [-0.15, -0.1) is 0 Å². The molecule has 1 fully saturated rings. The number of halogens is 3. The molecule has 1 aliphatic rings. The molecule has 0 spiro atoms. The minimum atomic E-state index is -4.58. The molecule has 1 aromatic carbocycles. The van der Waals surface area contributed by atoms with Crippen molar-refractivity contribution in [3.05, 3.63) is 35.4 Å². The number of benzene rings is 1. The van der Waals surface area contributed by atoms with Crippen LogP contribution in [-0.4, -0.2) is 72.3 Å². The van der Waals surface area contributed by atoms with Gasteiger partial charge in [-0.1, -0.05) is 12.1 Å². The third-order valence-corrected chi connectivity index (χ3v) is 5.32. The third kappa shape index (κ3) is 8.43. The van der Waals surface area contributed by atoms with Crippen LogP contribution in [0.3, 0.4) is 0 Å². The molecule has 210 valence electrons. The number of carbonyl (C=O) groups excluding carboxylic acids is 5. The summed E-state index contributed by atoms with van der Waals surface area (Å²) in [6, 6.07) is 3.92. The monoisotopic (exact) mass is 547 g/mol. The van der Waals surface area contributed by atoms with Gasteiger partial charge in [0.05, 0.1) is 12.1 Å². The average molecular weight is 547 g/mol. The van der Waals surface area contributed by atoms with Crippen molar-refractivity contribution < 1.29 is 60.8 Å². The Bertz CT molecular complexity index is 1040. The molecule has 0 saturated carbocycles. The Labute approximate surface area is 216 Å². The minimum absolute atomic E-state index is 0.192. The maximum atomic E-state index is 13.0. The van der Waals surface area contributed by atoms with Crippen LogP contribution in [0.4, 0.5) is 13.2 Å². The van der Waals surface area contributed by atoms with Crippen LogP contribution in [0.25, 0.3) is 0 Å². The van der Waals surface area contributed by atoms with Gasteiger partial charge in [-0.2, -0.15) is 13.2 Å². The smallest absolute Gasteiger partial charge is 0.416 e. The molecule has 14 heteroatoms. The van der Waals surface area contributed by atoms with Gasteiger partial charge in [0.25, 0.3) is 0 Å². The molecule has 1 amide bonds. The zero-order chi connectivity index (χ0) is 28.8. The largest absolute Gasteiger partial charge is 0.462 e. The maximum Gasteiger partial charge on any atom is 0.416 e. The van der Waals surface area contributed by atoms with Crippen LogP contribution in [0.15, 0.2) is 24.3 Å². The second-order valence-corrected chi connectivity index (χ2v) is 8.42. The van der Waals surface area contributed by atoms with Crippen LogP contribution < -0.4 is 0 Å². The van der Waals surface area contributed by atoms with Gasteiger partial charge in [-0.05, 0) is 12.1 Å². The van der Waals surface area contributed by atoms with Gasteiger partial charge in [0.15, 0.2) is 24.5 Å². The van der Waals surface area contributed by atoms with E-state index in [-0.39, 0.29) is 12.1 Å². The Kier molecular flexibility index (Phi) is 10.2. The van der Waals surface area contributed by atoms with E-state index in [2.05, 4.69) is 0 Å². The summed E-state index contributed by atoms with van der Waals surface area (Å²) < 4.78 is 65.8. The van der Waals surface area contributed by atoms with Crippen LogP contribution >= 0.6 is 0 Å². The number of amides is 1. The number of nitrogens with zero attached hydrogens (tertiary/aromatic N) is 1. The zero-order valence-corrected chi connectivity index (χ0v) is 21.3. The molecule has 5 atom stereocenters. The van der Waals surface area contributed by atoms with Crippen LogP contribution in [0.1, 0.15) is 52.0 Å².